The molecule has 0 aromatic heterocycles. The Morgan fingerprint density at radius 3 is 1.81 bits per heavy atom. The number of benzene rings is 5. The molecule has 0 aliphatic rings. The number of rotatable bonds is 4. The van der Waals surface area contributed by atoms with Crippen LogP contribution in [0.1, 0.15) is 10.4 Å². The molecule has 5 aromatic carbocycles. The minimum atomic E-state index is -0.117. The van der Waals surface area contributed by atoms with Crippen LogP contribution in [0, 0.1) is 0 Å². The smallest absolute Gasteiger partial charge is 0.255 e. The van der Waals surface area contributed by atoms with Crippen LogP contribution in [-0.4, -0.2) is 5.91 Å². The molecule has 1 N–H and O–H groups in total. The van der Waals surface area contributed by atoms with Gasteiger partial charge in [0.25, 0.3) is 5.91 Å². The summed E-state index contributed by atoms with van der Waals surface area (Å²) in [6, 6.07) is 40.3. The largest absolute Gasteiger partial charge is 0.321 e. The maximum absolute atomic E-state index is 13.2. The normalized spacial score (nSPS) is 10.7. The molecule has 0 atom stereocenters. The van der Waals surface area contributed by atoms with Gasteiger partial charge in [-0.25, -0.2) is 0 Å². The summed E-state index contributed by atoms with van der Waals surface area (Å²) in [5, 5.41) is 5.35. The summed E-state index contributed by atoms with van der Waals surface area (Å²) in [5.74, 6) is -0.117. The van der Waals surface area contributed by atoms with Crippen LogP contribution in [0.2, 0.25) is 0 Å². The Hall–Kier alpha value is -4.17. The third-order valence-corrected chi connectivity index (χ3v) is 5.47. The number of carbonyl (C=O) groups excluding carboxylic acids is 1. The summed E-state index contributed by atoms with van der Waals surface area (Å²) in [6.07, 6.45) is 0. The highest BCUT2D eigenvalue weighted by atomic mass is 16.1. The van der Waals surface area contributed by atoms with Crippen molar-refractivity contribution in [3.8, 4) is 22.3 Å². The molecular formula is C29H21NO. The Kier molecular flexibility index (Phi) is 5.04. The minimum absolute atomic E-state index is 0.117. The van der Waals surface area contributed by atoms with Gasteiger partial charge in [0.15, 0.2) is 0 Å². The van der Waals surface area contributed by atoms with E-state index in [4.69, 9.17) is 0 Å². The molecule has 0 unspecified atom stereocenters. The molecule has 148 valence electrons. The second-order valence-corrected chi connectivity index (χ2v) is 7.45. The number of hydrogen-bond acceptors (Lipinski definition) is 1. The predicted molar refractivity (Wildman–Crippen MR) is 129 cm³/mol. The molecule has 0 spiro atoms. The van der Waals surface area contributed by atoms with Gasteiger partial charge in [-0.2, -0.15) is 0 Å². The Morgan fingerprint density at radius 1 is 0.581 bits per heavy atom. The van der Waals surface area contributed by atoms with Crippen molar-refractivity contribution < 1.29 is 4.79 Å². The van der Waals surface area contributed by atoms with Crippen molar-refractivity contribution in [3.05, 3.63) is 127 Å². The lowest BCUT2D eigenvalue weighted by Gasteiger charge is -2.19. The van der Waals surface area contributed by atoms with Gasteiger partial charge in [0, 0.05) is 16.5 Å². The van der Waals surface area contributed by atoms with Crippen molar-refractivity contribution in [2.75, 3.05) is 5.32 Å². The molecule has 2 nitrogen and oxygen atoms in total. The lowest BCUT2D eigenvalue weighted by molar-refractivity contribution is 0.102. The molecule has 0 aliphatic heterocycles. The van der Waals surface area contributed by atoms with Gasteiger partial charge >= 0.3 is 0 Å². The molecule has 0 heterocycles. The monoisotopic (exact) mass is 399 g/mol. The summed E-state index contributed by atoms with van der Waals surface area (Å²) in [5.41, 5.74) is 5.76. The van der Waals surface area contributed by atoms with E-state index in [2.05, 4.69) is 47.8 Å². The molecule has 0 aliphatic carbocycles. The first kappa shape index (κ1) is 18.8. The van der Waals surface area contributed by atoms with Gasteiger partial charge in [-0.05, 0) is 40.3 Å². The molecule has 0 saturated heterocycles. The Morgan fingerprint density at radius 2 is 1.13 bits per heavy atom. The lowest BCUT2D eigenvalue weighted by Crippen LogP contribution is -2.13. The number of hydrogen-bond donors (Lipinski definition) is 1. The van der Waals surface area contributed by atoms with Crippen LogP contribution in [-0.2, 0) is 0 Å². The van der Waals surface area contributed by atoms with E-state index in [-0.39, 0.29) is 5.91 Å². The number of carbonyl (C=O) groups is 1. The van der Waals surface area contributed by atoms with Gasteiger partial charge in [-0.15, -0.1) is 0 Å². The Labute approximate surface area is 181 Å². The molecular weight excluding hydrogens is 378 g/mol. The van der Waals surface area contributed by atoms with Crippen LogP contribution >= 0.6 is 0 Å². The highest BCUT2D eigenvalue weighted by Gasteiger charge is 2.18. The Bertz CT molecular complexity index is 1340. The third-order valence-electron chi connectivity index (χ3n) is 5.47. The SMILES string of the molecule is O=C(Nc1c(-c2ccccc2)c(-c2ccccc2)cc2ccccc12)c1ccccc1. The fraction of sp³-hybridized carbons (Fsp3) is 0. The van der Waals surface area contributed by atoms with E-state index >= 15 is 0 Å². The zero-order valence-corrected chi connectivity index (χ0v) is 17.0. The van der Waals surface area contributed by atoms with E-state index in [1.165, 1.54) is 0 Å². The summed E-state index contributed by atoms with van der Waals surface area (Å²) < 4.78 is 0. The van der Waals surface area contributed by atoms with Crippen molar-refractivity contribution in [3.63, 3.8) is 0 Å². The minimum Gasteiger partial charge on any atom is -0.321 e. The number of nitrogens with one attached hydrogen (secondary N) is 1. The average molecular weight is 399 g/mol. The van der Waals surface area contributed by atoms with E-state index < -0.39 is 0 Å². The number of amides is 1. The summed E-state index contributed by atoms with van der Waals surface area (Å²) >= 11 is 0. The molecule has 0 fully saturated rings. The summed E-state index contributed by atoms with van der Waals surface area (Å²) in [6.45, 7) is 0. The van der Waals surface area contributed by atoms with E-state index in [0.717, 1.165) is 38.7 Å². The van der Waals surface area contributed by atoms with Crippen LogP contribution in [0.15, 0.2) is 121 Å². The third kappa shape index (κ3) is 3.72. The standard InChI is InChI=1S/C29H21NO/c31-29(23-16-8-3-9-17-23)30-28-25-19-11-10-18-24(25)20-26(21-12-4-1-5-13-21)27(28)22-14-6-2-7-15-22/h1-20H,(H,30,31). The second-order valence-electron chi connectivity index (χ2n) is 7.45. The molecule has 0 saturated carbocycles. The van der Waals surface area contributed by atoms with E-state index in [0.29, 0.717) is 5.56 Å². The molecule has 5 aromatic rings. The zero-order chi connectivity index (χ0) is 21.0. The first-order valence-corrected chi connectivity index (χ1v) is 10.3. The number of fused-ring (bicyclic) bond motifs is 1. The van der Waals surface area contributed by atoms with Gasteiger partial charge in [-0.3, -0.25) is 4.79 Å². The van der Waals surface area contributed by atoms with Crippen LogP contribution in [0.25, 0.3) is 33.0 Å². The van der Waals surface area contributed by atoms with E-state index in [1.807, 2.05) is 78.9 Å². The highest BCUT2D eigenvalue weighted by Crippen LogP contribution is 2.43. The van der Waals surface area contributed by atoms with Crippen molar-refractivity contribution in [1.29, 1.82) is 0 Å². The molecule has 2 heteroatoms. The lowest BCUT2D eigenvalue weighted by atomic mass is 9.89. The molecule has 31 heavy (non-hydrogen) atoms. The van der Waals surface area contributed by atoms with E-state index in [1.54, 1.807) is 0 Å². The molecule has 1 amide bonds. The fourth-order valence-corrected chi connectivity index (χ4v) is 4.00. The van der Waals surface area contributed by atoms with Crippen LogP contribution < -0.4 is 5.32 Å². The molecule has 5 rings (SSSR count). The quantitative estimate of drug-likeness (QED) is 0.334. The van der Waals surface area contributed by atoms with Gasteiger partial charge < -0.3 is 5.32 Å². The van der Waals surface area contributed by atoms with Gasteiger partial charge in [0.1, 0.15) is 0 Å². The van der Waals surface area contributed by atoms with Crippen LogP contribution in [0.5, 0.6) is 0 Å². The van der Waals surface area contributed by atoms with Crippen molar-refractivity contribution in [1.82, 2.24) is 0 Å². The Balaban J connectivity index is 1.80. The maximum atomic E-state index is 13.2. The number of anilines is 1. The summed E-state index contributed by atoms with van der Waals surface area (Å²) in [7, 11) is 0. The topological polar surface area (TPSA) is 29.1 Å². The van der Waals surface area contributed by atoms with Gasteiger partial charge in [0.2, 0.25) is 0 Å². The van der Waals surface area contributed by atoms with Gasteiger partial charge in [-0.1, -0.05) is 103 Å². The van der Waals surface area contributed by atoms with Crippen LogP contribution in [0.4, 0.5) is 5.69 Å². The van der Waals surface area contributed by atoms with Gasteiger partial charge in [0.05, 0.1) is 5.69 Å². The van der Waals surface area contributed by atoms with Crippen LogP contribution in [0.3, 0.4) is 0 Å². The summed E-state index contributed by atoms with van der Waals surface area (Å²) in [4.78, 5) is 13.2. The zero-order valence-electron chi connectivity index (χ0n) is 17.0. The van der Waals surface area contributed by atoms with Crippen molar-refractivity contribution >= 4 is 22.4 Å². The van der Waals surface area contributed by atoms with E-state index in [9.17, 15) is 4.79 Å². The molecule has 0 radical (unpaired) electrons. The fourth-order valence-electron chi connectivity index (χ4n) is 4.00. The predicted octanol–water partition coefficient (Wildman–Crippen LogP) is 7.43. The highest BCUT2D eigenvalue weighted by molar-refractivity contribution is 6.15. The molecule has 0 bridgehead atoms. The maximum Gasteiger partial charge on any atom is 0.255 e. The average Bonchev–Trinajstić information content (AvgIpc) is 2.85. The van der Waals surface area contributed by atoms with Crippen molar-refractivity contribution in [2.45, 2.75) is 0 Å². The van der Waals surface area contributed by atoms with Crippen molar-refractivity contribution in [2.24, 2.45) is 0 Å². The first-order valence-electron chi connectivity index (χ1n) is 10.3. The first-order chi connectivity index (χ1) is 15.3. The second kappa shape index (κ2) is 8.29.